The van der Waals surface area contributed by atoms with Crippen LogP contribution in [0.15, 0.2) is 42.6 Å². The third-order valence-corrected chi connectivity index (χ3v) is 4.73. The molecular formula is C18H21N3O3. The maximum absolute atomic E-state index is 12.5. The summed E-state index contributed by atoms with van der Waals surface area (Å²) in [6.45, 7) is 0.740. The van der Waals surface area contributed by atoms with Crippen LogP contribution in [0.2, 0.25) is 0 Å². The van der Waals surface area contributed by atoms with E-state index >= 15 is 0 Å². The lowest BCUT2D eigenvalue weighted by Crippen LogP contribution is -2.30. The Morgan fingerprint density at radius 2 is 1.96 bits per heavy atom. The molecule has 6 heteroatoms. The molecule has 0 saturated carbocycles. The first-order valence-corrected chi connectivity index (χ1v) is 8.08. The van der Waals surface area contributed by atoms with Gasteiger partial charge in [0.25, 0.3) is 0 Å². The fraction of sp³-hybridized carbons (Fsp3) is 0.389. The van der Waals surface area contributed by atoms with Crippen LogP contribution in [0.1, 0.15) is 23.6 Å². The summed E-state index contributed by atoms with van der Waals surface area (Å²) in [4.78, 5) is 25.8. The molecule has 2 aromatic rings. The molecule has 2 heterocycles. The number of aliphatic carboxylic acids is 1. The minimum atomic E-state index is -0.842. The number of aryl methyl sites for hydroxylation is 2. The summed E-state index contributed by atoms with van der Waals surface area (Å²) in [5, 5.41) is 13.6. The van der Waals surface area contributed by atoms with Gasteiger partial charge in [0.2, 0.25) is 5.91 Å². The van der Waals surface area contributed by atoms with E-state index < -0.39 is 11.9 Å². The molecular weight excluding hydrogens is 306 g/mol. The monoisotopic (exact) mass is 327 g/mol. The van der Waals surface area contributed by atoms with Crippen molar-refractivity contribution in [1.82, 2.24) is 14.7 Å². The molecule has 0 bridgehead atoms. The van der Waals surface area contributed by atoms with Crippen molar-refractivity contribution >= 4 is 11.9 Å². The Labute approximate surface area is 140 Å². The quantitative estimate of drug-likeness (QED) is 0.906. The zero-order valence-electron chi connectivity index (χ0n) is 13.6. The number of carbonyl (C=O) groups excluding carboxylic acids is 1. The van der Waals surface area contributed by atoms with Gasteiger partial charge in [0.1, 0.15) is 0 Å². The van der Waals surface area contributed by atoms with Gasteiger partial charge >= 0.3 is 5.97 Å². The summed E-state index contributed by atoms with van der Waals surface area (Å²) >= 11 is 0. The average Bonchev–Trinajstić information content (AvgIpc) is 3.20. The molecule has 1 amide bonds. The standard InChI is InChI=1S/C18H21N3O3/c1-20-14(9-10-19-20)7-8-17(22)21-11-15(16(12-21)18(23)24)13-5-3-2-4-6-13/h2-6,9-10,15-16H,7-8,11-12H2,1H3,(H,23,24). The van der Waals surface area contributed by atoms with E-state index in [1.807, 2.05) is 43.4 Å². The largest absolute Gasteiger partial charge is 0.481 e. The van der Waals surface area contributed by atoms with E-state index in [1.165, 1.54) is 0 Å². The van der Waals surface area contributed by atoms with Crippen molar-refractivity contribution in [2.45, 2.75) is 18.8 Å². The Hall–Kier alpha value is -2.63. The van der Waals surface area contributed by atoms with Crippen LogP contribution >= 0.6 is 0 Å². The number of aromatic nitrogens is 2. The summed E-state index contributed by atoms with van der Waals surface area (Å²) < 4.78 is 1.75. The van der Waals surface area contributed by atoms with Crippen LogP contribution in [0.4, 0.5) is 0 Å². The van der Waals surface area contributed by atoms with Crippen molar-refractivity contribution in [2.24, 2.45) is 13.0 Å². The van der Waals surface area contributed by atoms with Gasteiger partial charge in [0.05, 0.1) is 5.92 Å². The molecule has 0 aliphatic carbocycles. The highest BCUT2D eigenvalue weighted by atomic mass is 16.4. The van der Waals surface area contributed by atoms with Gasteiger partial charge in [-0.2, -0.15) is 5.10 Å². The molecule has 1 aliphatic heterocycles. The molecule has 1 N–H and O–H groups in total. The first kappa shape index (κ1) is 16.2. The number of nitrogens with zero attached hydrogens (tertiary/aromatic N) is 3. The van der Waals surface area contributed by atoms with Gasteiger partial charge in [-0.25, -0.2) is 0 Å². The average molecular weight is 327 g/mol. The zero-order chi connectivity index (χ0) is 17.1. The van der Waals surface area contributed by atoms with Crippen LogP contribution in [0.5, 0.6) is 0 Å². The minimum absolute atomic E-state index is 0.000816. The molecule has 126 valence electrons. The SMILES string of the molecule is Cn1nccc1CCC(=O)N1CC(C(=O)O)C(c2ccccc2)C1. The number of amides is 1. The first-order valence-electron chi connectivity index (χ1n) is 8.08. The predicted octanol–water partition coefficient (Wildman–Crippen LogP) is 1.68. The molecule has 1 fully saturated rings. The summed E-state index contributed by atoms with van der Waals surface area (Å²) in [5.74, 6) is -1.54. The molecule has 1 aliphatic rings. The number of carboxylic acid groups (broad SMARTS) is 1. The third-order valence-electron chi connectivity index (χ3n) is 4.73. The van der Waals surface area contributed by atoms with E-state index in [0.717, 1.165) is 11.3 Å². The summed E-state index contributed by atoms with van der Waals surface area (Å²) in [6, 6.07) is 11.5. The molecule has 1 aromatic carbocycles. The smallest absolute Gasteiger partial charge is 0.308 e. The maximum atomic E-state index is 12.5. The van der Waals surface area contributed by atoms with Crippen molar-refractivity contribution in [3.8, 4) is 0 Å². The molecule has 6 nitrogen and oxygen atoms in total. The van der Waals surface area contributed by atoms with Crippen LogP contribution in [0.3, 0.4) is 0 Å². The van der Waals surface area contributed by atoms with Crippen molar-refractivity contribution in [3.63, 3.8) is 0 Å². The van der Waals surface area contributed by atoms with Gasteiger partial charge < -0.3 is 10.0 Å². The van der Waals surface area contributed by atoms with Crippen molar-refractivity contribution in [1.29, 1.82) is 0 Å². The predicted molar refractivity (Wildman–Crippen MR) is 88.4 cm³/mol. The second-order valence-electron chi connectivity index (χ2n) is 6.21. The molecule has 0 spiro atoms. The number of likely N-dealkylation sites (tertiary alicyclic amines) is 1. The van der Waals surface area contributed by atoms with Gasteiger partial charge in [-0.15, -0.1) is 0 Å². The number of benzene rings is 1. The number of hydrogen-bond donors (Lipinski definition) is 1. The van der Waals surface area contributed by atoms with Gasteiger partial charge in [-0.3, -0.25) is 14.3 Å². The molecule has 3 rings (SSSR count). The van der Waals surface area contributed by atoms with Crippen LogP contribution in [0.25, 0.3) is 0 Å². The van der Waals surface area contributed by atoms with E-state index in [2.05, 4.69) is 5.10 Å². The lowest BCUT2D eigenvalue weighted by molar-refractivity contribution is -0.141. The van der Waals surface area contributed by atoms with Crippen LogP contribution in [0, 0.1) is 5.92 Å². The highest BCUT2D eigenvalue weighted by Gasteiger charge is 2.40. The van der Waals surface area contributed by atoms with Gasteiger partial charge in [-0.05, 0) is 18.1 Å². The topological polar surface area (TPSA) is 75.4 Å². The Bertz CT molecular complexity index is 726. The van der Waals surface area contributed by atoms with Crippen LogP contribution in [-0.4, -0.2) is 44.8 Å². The Morgan fingerprint density at radius 3 is 2.58 bits per heavy atom. The Balaban J connectivity index is 1.67. The van der Waals surface area contributed by atoms with Crippen molar-refractivity contribution in [3.05, 3.63) is 53.9 Å². The summed E-state index contributed by atoms with van der Waals surface area (Å²) in [5.41, 5.74) is 1.98. The highest BCUT2D eigenvalue weighted by molar-refractivity contribution is 5.79. The third kappa shape index (κ3) is 3.32. The summed E-state index contributed by atoms with van der Waals surface area (Å²) in [7, 11) is 1.85. The zero-order valence-corrected chi connectivity index (χ0v) is 13.6. The van der Waals surface area contributed by atoms with Crippen molar-refractivity contribution < 1.29 is 14.7 Å². The van der Waals surface area contributed by atoms with E-state index in [-0.39, 0.29) is 18.4 Å². The Morgan fingerprint density at radius 1 is 1.21 bits per heavy atom. The lowest BCUT2D eigenvalue weighted by atomic mass is 9.89. The molecule has 1 aromatic heterocycles. The van der Waals surface area contributed by atoms with E-state index in [0.29, 0.717) is 19.4 Å². The maximum Gasteiger partial charge on any atom is 0.308 e. The van der Waals surface area contributed by atoms with E-state index in [1.54, 1.807) is 15.8 Å². The second kappa shape index (κ2) is 6.86. The van der Waals surface area contributed by atoms with Crippen molar-refractivity contribution in [2.75, 3.05) is 13.1 Å². The molecule has 1 saturated heterocycles. The summed E-state index contributed by atoms with van der Waals surface area (Å²) in [6.07, 6.45) is 2.69. The lowest BCUT2D eigenvalue weighted by Gasteiger charge is -2.16. The number of carboxylic acids is 1. The molecule has 2 unspecified atom stereocenters. The first-order chi connectivity index (χ1) is 11.6. The molecule has 24 heavy (non-hydrogen) atoms. The minimum Gasteiger partial charge on any atom is -0.481 e. The fourth-order valence-electron chi connectivity index (χ4n) is 3.34. The fourth-order valence-corrected chi connectivity index (χ4v) is 3.34. The number of rotatable bonds is 5. The van der Waals surface area contributed by atoms with Crippen LogP contribution in [-0.2, 0) is 23.1 Å². The molecule has 2 atom stereocenters. The number of carbonyl (C=O) groups is 2. The van der Waals surface area contributed by atoms with E-state index in [4.69, 9.17) is 0 Å². The van der Waals surface area contributed by atoms with Gasteiger partial charge in [0, 0.05) is 44.4 Å². The van der Waals surface area contributed by atoms with E-state index in [9.17, 15) is 14.7 Å². The molecule has 0 radical (unpaired) electrons. The Kier molecular flexibility index (Phi) is 4.64. The highest BCUT2D eigenvalue weighted by Crippen LogP contribution is 2.33. The second-order valence-corrected chi connectivity index (χ2v) is 6.21. The van der Waals surface area contributed by atoms with Crippen LogP contribution < -0.4 is 0 Å². The van der Waals surface area contributed by atoms with Gasteiger partial charge in [0.15, 0.2) is 0 Å². The number of hydrogen-bond acceptors (Lipinski definition) is 3. The van der Waals surface area contributed by atoms with Gasteiger partial charge in [-0.1, -0.05) is 30.3 Å². The normalized spacial score (nSPS) is 20.3.